The van der Waals surface area contributed by atoms with Crippen molar-refractivity contribution in [2.75, 3.05) is 5.32 Å². The lowest BCUT2D eigenvalue weighted by Crippen LogP contribution is -2.36. The Morgan fingerprint density at radius 1 is 1.33 bits per heavy atom. The standard InChI is InChI=1S/C13H19N3O2/c1-8(2)6-11(14)13(18)16-10-5-3-4-9(7-10)12(15)17/h3-5,7-8,11H,6,14H2,1-2H3,(H2,15,17)(H,16,18)/t11-/m1/s1. The van der Waals surface area contributed by atoms with E-state index in [1.54, 1.807) is 18.2 Å². The van der Waals surface area contributed by atoms with Crippen LogP contribution in [0.4, 0.5) is 5.69 Å². The molecule has 18 heavy (non-hydrogen) atoms. The molecule has 0 saturated heterocycles. The SMILES string of the molecule is CC(C)C[C@@H](N)C(=O)Nc1cccc(C(N)=O)c1. The summed E-state index contributed by atoms with van der Waals surface area (Å²) in [6.45, 7) is 4.00. The third kappa shape index (κ3) is 4.18. The first-order valence-corrected chi connectivity index (χ1v) is 5.86. The van der Waals surface area contributed by atoms with Gasteiger partial charge in [-0.3, -0.25) is 9.59 Å². The van der Waals surface area contributed by atoms with E-state index in [0.717, 1.165) is 0 Å². The number of primary amides is 1. The fourth-order valence-electron chi connectivity index (χ4n) is 1.60. The van der Waals surface area contributed by atoms with Crippen molar-refractivity contribution in [1.82, 2.24) is 0 Å². The normalized spacial score (nSPS) is 12.2. The van der Waals surface area contributed by atoms with Crippen LogP contribution in [0, 0.1) is 5.92 Å². The average Bonchev–Trinajstić information content (AvgIpc) is 2.28. The molecule has 0 radical (unpaired) electrons. The van der Waals surface area contributed by atoms with Crippen molar-refractivity contribution >= 4 is 17.5 Å². The quantitative estimate of drug-likeness (QED) is 0.728. The zero-order valence-electron chi connectivity index (χ0n) is 10.6. The van der Waals surface area contributed by atoms with Crippen LogP contribution in [0.5, 0.6) is 0 Å². The molecule has 1 aromatic carbocycles. The summed E-state index contributed by atoms with van der Waals surface area (Å²) < 4.78 is 0. The molecular formula is C13H19N3O2. The Morgan fingerprint density at radius 2 is 2.00 bits per heavy atom. The molecule has 0 heterocycles. The molecule has 0 unspecified atom stereocenters. The lowest BCUT2D eigenvalue weighted by molar-refractivity contribution is -0.117. The van der Waals surface area contributed by atoms with E-state index in [1.807, 2.05) is 13.8 Å². The average molecular weight is 249 g/mol. The second-order valence-corrected chi connectivity index (χ2v) is 4.67. The van der Waals surface area contributed by atoms with Gasteiger partial charge in [-0.05, 0) is 30.5 Å². The van der Waals surface area contributed by atoms with E-state index in [9.17, 15) is 9.59 Å². The van der Waals surface area contributed by atoms with Crippen molar-refractivity contribution in [2.45, 2.75) is 26.3 Å². The smallest absolute Gasteiger partial charge is 0.248 e. The Labute approximate surface area is 107 Å². The van der Waals surface area contributed by atoms with Gasteiger partial charge in [0.2, 0.25) is 11.8 Å². The van der Waals surface area contributed by atoms with Crippen LogP contribution in [0.15, 0.2) is 24.3 Å². The van der Waals surface area contributed by atoms with Gasteiger partial charge in [-0.15, -0.1) is 0 Å². The van der Waals surface area contributed by atoms with Gasteiger partial charge < -0.3 is 16.8 Å². The summed E-state index contributed by atoms with van der Waals surface area (Å²) in [7, 11) is 0. The highest BCUT2D eigenvalue weighted by atomic mass is 16.2. The Kier molecular flexibility index (Phi) is 4.85. The predicted molar refractivity (Wildman–Crippen MR) is 71.0 cm³/mol. The minimum absolute atomic E-state index is 0.259. The fourth-order valence-corrected chi connectivity index (χ4v) is 1.60. The number of anilines is 1. The van der Waals surface area contributed by atoms with Crippen molar-refractivity contribution < 1.29 is 9.59 Å². The summed E-state index contributed by atoms with van der Waals surface area (Å²) in [5.41, 5.74) is 11.8. The van der Waals surface area contributed by atoms with Crippen LogP contribution >= 0.6 is 0 Å². The van der Waals surface area contributed by atoms with Gasteiger partial charge in [0, 0.05) is 11.3 Å². The molecule has 1 aromatic rings. The lowest BCUT2D eigenvalue weighted by atomic mass is 10.0. The Morgan fingerprint density at radius 3 is 2.56 bits per heavy atom. The summed E-state index contributed by atoms with van der Waals surface area (Å²) in [4.78, 5) is 22.8. The van der Waals surface area contributed by atoms with Crippen LogP contribution in [0.2, 0.25) is 0 Å². The van der Waals surface area contributed by atoms with Gasteiger partial charge in [-0.2, -0.15) is 0 Å². The molecule has 0 aliphatic rings. The highest BCUT2D eigenvalue weighted by molar-refractivity contribution is 5.97. The number of nitrogens with two attached hydrogens (primary N) is 2. The van der Waals surface area contributed by atoms with Crippen LogP contribution < -0.4 is 16.8 Å². The molecule has 0 fully saturated rings. The summed E-state index contributed by atoms with van der Waals surface area (Å²) in [6, 6.07) is 5.91. The molecule has 2 amide bonds. The molecule has 0 aromatic heterocycles. The van der Waals surface area contributed by atoms with E-state index in [4.69, 9.17) is 11.5 Å². The summed E-state index contributed by atoms with van der Waals surface area (Å²) in [5.74, 6) is -0.439. The van der Waals surface area contributed by atoms with E-state index < -0.39 is 11.9 Å². The van der Waals surface area contributed by atoms with Crippen LogP contribution in [0.3, 0.4) is 0 Å². The minimum Gasteiger partial charge on any atom is -0.366 e. The van der Waals surface area contributed by atoms with Gasteiger partial charge in [0.05, 0.1) is 6.04 Å². The summed E-state index contributed by atoms with van der Waals surface area (Å²) in [6.07, 6.45) is 0.612. The van der Waals surface area contributed by atoms with Crippen LogP contribution in [-0.4, -0.2) is 17.9 Å². The molecule has 5 N–H and O–H groups in total. The number of rotatable bonds is 5. The molecule has 5 nitrogen and oxygen atoms in total. The van der Waals surface area contributed by atoms with Crippen molar-refractivity contribution in [3.63, 3.8) is 0 Å². The van der Waals surface area contributed by atoms with Crippen LogP contribution in [0.1, 0.15) is 30.6 Å². The molecule has 0 aliphatic heterocycles. The number of hydrogen-bond acceptors (Lipinski definition) is 3. The minimum atomic E-state index is -0.553. The van der Waals surface area contributed by atoms with Crippen molar-refractivity contribution in [3.05, 3.63) is 29.8 Å². The van der Waals surface area contributed by atoms with Gasteiger partial charge in [0.1, 0.15) is 0 Å². The fraction of sp³-hybridized carbons (Fsp3) is 0.385. The Bertz CT molecular complexity index is 444. The van der Waals surface area contributed by atoms with Gasteiger partial charge >= 0.3 is 0 Å². The molecule has 0 saturated carbocycles. The van der Waals surface area contributed by atoms with Crippen LogP contribution in [-0.2, 0) is 4.79 Å². The first kappa shape index (κ1) is 14.2. The topological polar surface area (TPSA) is 98.2 Å². The Hall–Kier alpha value is -1.88. The molecule has 0 aliphatic carbocycles. The first-order chi connectivity index (χ1) is 8.40. The van der Waals surface area contributed by atoms with E-state index in [-0.39, 0.29) is 5.91 Å². The maximum absolute atomic E-state index is 11.8. The predicted octanol–water partition coefficient (Wildman–Crippen LogP) is 1.10. The van der Waals surface area contributed by atoms with E-state index >= 15 is 0 Å². The highest BCUT2D eigenvalue weighted by Gasteiger charge is 2.15. The largest absolute Gasteiger partial charge is 0.366 e. The molecule has 0 bridgehead atoms. The zero-order valence-corrected chi connectivity index (χ0v) is 10.6. The third-order valence-corrected chi connectivity index (χ3v) is 2.48. The number of benzene rings is 1. The second kappa shape index (κ2) is 6.16. The van der Waals surface area contributed by atoms with Gasteiger partial charge in [-0.25, -0.2) is 0 Å². The van der Waals surface area contributed by atoms with Gasteiger partial charge in [0.25, 0.3) is 0 Å². The summed E-state index contributed by atoms with van der Waals surface area (Å²) >= 11 is 0. The van der Waals surface area contributed by atoms with E-state index in [0.29, 0.717) is 23.6 Å². The molecule has 0 spiro atoms. The molecule has 5 heteroatoms. The van der Waals surface area contributed by atoms with Crippen molar-refractivity contribution in [2.24, 2.45) is 17.4 Å². The molecular weight excluding hydrogens is 230 g/mol. The van der Waals surface area contributed by atoms with Crippen LogP contribution in [0.25, 0.3) is 0 Å². The van der Waals surface area contributed by atoms with Gasteiger partial charge in [-0.1, -0.05) is 19.9 Å². The summed E-state index contributed by atoms with van der Waals surface area (Å²) in [5, 5.41) is 2.67. The maximum Gasteiger partial charge on any atom is 0.248 e. The number of carbonyl (C=O) groups excluding carboxylic acids is 2. The Balaban J connectivity index is 2.70. The number of nitrogens with one attached hydrogen (secondary N) is 1. The van der Waals surface area contributed by atoms with Gasteiger partial charge in [0.15, 0.2) is 0 Å². The van der Waals surface area contributed by atoms with E-state index in [2.05, 4.69) is 5.32 Å². The first-order valence-electron chi connectivity index (χ1n) is 5.86. The molecule has 1 rings (SSSR count). The highest BCUT2D eigenvalue weighted by Crippen LogP contribution is 2.11. The number of amides is 2. The molecule has 98 valence electrons. The number of hydrogen-bond donors (Lipinski definition) is 3. The third-order valence-electron chi connectivity index (χ3n) is 2.48. The van der Waals surface area contributed by atoms with E-state index in [1.165, 1.54) is 6.07 Å². The number of carbonyl (C=O) groups is 2. The second-order valence-electron chi connectivity index (χ2n) is 4.67. The lowest BCUT2D eigenvalue weighted by Gasteiger charge is -2.14. The molecule has 1 atom stereocenters. The monoisotopic (exact) mass is 249 g/mol. The van der Waals surface area contributed by atoms with Crippen molar-refractivity contribution in [3.8, 4) is 0 Å². The maximum atomic E-state index is 11.8. The van der Waals surface area contributed by atoms with Crippen molar-refractivity contribution in [1.29, 1.82) is 0 Å². The zero-order chi connectivity index (χ0) is 13.7.